The van der Waals surface area contributed by atoms with E-state index in [4.69, 9.17) is 11.6 Å². The van der Waals surface area contributed by atoms with Gasteiger partial charge in [0.05, 0.1) is 18.2 Å². The highest BCUT2D eigenvalue weighted by Gasteiger charge is 2.32. The smallest absolute Gasteiger partial charge is 0.142 e. The molecule has 2 rings (SSSR count). The van der Waals surface area contributed by atoms with E-state index in [9.17, 15) is 14.6 Å². The van der Waals surface area contributed by atoms with Gasteiger partial charge in [-0.3, -0.25) is 0 Å². The van der Waals surface area contributed by atoms with E-state index in [1.807, 2.05) is 31.2 Å². The molecule has 0 bridgehead atoms. The van der Waals surface area contributed by atoms with Crippen LogP contribution in [-0.4, -0.2) is 23.4 Å². The van der Waals surface area contributed by atoms with E-state index in [1.54, 1.807) is 12.1 Å². The van der Waals surface area contributed by atoms with Crippen LogP contribution in [0.1, 0.15) is 16.7 Å². The number of aryl methyl sites for hydroxylation is 1. The molecule has 2 N–H and O–H groups in total. The fraction of sp³-hybridized carbons (Fsp3) is 0.294. The van der Waals surface area contributed by atoms with Gasteiger partial charge in [-0.25, -0.2) is 4.39 Å². The van der Waals surface area contributed by atoms with E-state index < -0.39 is 11.2 Å². The molecule has 0 saturated heterocycles. The maximum atomic E-state index is 13.6. The quantitative estimate of drug-likeness (QED) is 0.890. The van der Waals surface area contributed by atoms with Gasteiger partial charge in [-0.2, -0.15) is 0 Å². The van der Waals surface area contributed by atoms with Crippen molar-refractivity contribution in [3.63, 3.8) is 0 Å². The summed E-state index contributed by atoms with van der Waals surface area (Å²) < 4.78 is 13.6. The lowest BCUT2D eigenvalue weighted by atomic mass is 9.76. The second-order valence-corrected chi connectivity index (χ2v) is 5.73. The van der Waals surface area contributed by atoms with Crippen LogP contribution in [0.2, 0.25) is 5.02 Å². The van der Waals surface area contributed by atoms with Crippen molar-refractivity contribution in [3.05, 3.63) is 70.0 Å². The van der Waals surface area contributed by atoms with Gasteiger partial charge in [0.25, 0.3) is 0 Å². The summed E-state index contributed by atoms with van der Waals surface area (Å²) in [6.07, 6.45) is 0.264. The molecule has 0 aliphatic heterocycles. The predicted octanol–water partition coefficient (Wildman–Crippen LogP) is 3.25. The Morgan fingerprint density at radius 3 is 2.24 bits per heavy atom. The van der Waals surface area contributed by atoms with Gasteiger partial charge < -0.3 is 10.2 Å². The first-order chi connectivity index (χ1) is 10.0. The minimum Gasteiger partial charge on any atom is -0.395 e. The molecular weight excluding hydrogens is 291 g/mol. The Bertz CT molecular complexity index is 607. The first-order valence-corrected chi connectivity index (χ1v) is 7.12. The third kappa shape index (κ3) is 3.26. The highest BCUT2D eigenvalue weighted by atomic mass is 35.5. The lowest BCUT2D eigenvalue weighted by Gasteiger charge is -2.31. The van der Waals surface area contributed by atoms with Gasteiger partial charge in [0.1, 0.15) is 5.82 Å². The predicted molar refractivity (Wildman–Crippen MR) is 82.1 cm³/mol. The average Bonchev–Trinajstić information content (AvgIpc) is 2.50. The molecule has 2 aromatic carbocycles. The summed E-state index contributed by atoms with van der Waals surface area (Å²) >= 11 is 5.99. The highest BCUT2D eigenvalue weighted by Crippen LogP contribution is 2.32. The molecule has 21 heavy (non-hydrogen) atoms. The van der Waals surface area contributed by atoms with Crippen LogP contribution in [0, 0.1) is 12.7 Å². The summed E-state index contributed by atoms with van der Waals surface area (Å²) in [5.74, 6) is -0.497. The van der Waals surface area contributed by atoms with Crippen molar-refractivity contribution in [1.29, 1.82) is 0 Å². The second-order valence-electron chi connectivity index (χ2n) is 5.35. The fourth-order valence-corrected chi connectivity index (χ4v) is 2.60. The number of hydrogen-bond acceptors (Lipinski definition) is 2. The molecule has 0 amide bonds. The van der Waals surface area contributed by atoms with Gasteiger partial charge in [-0.15, -0.1) is 0 Å². The van der Waals surface area contributed by atoms with Crippen molar-refractivity contribution >= 4 is 11.6 Å². The Morgan fingerprint density at radius 1 is 1.05 bits per heavy atom. The Hall–Kier alpha value is -1.42. The van der Waals surface area contributed by atoms with Crippen LogP contribution < -0.4 is 0 Å². The average molecular weight is 309 g/mol. The number of aliphatic hydroxyl groups excluding tert-OH is 2. The number of halogens is 2. The van der Waals surface area contributed by atoms with E-state index in [0.717, 1.165) is 11.1 Å². The van der Waals surface area contributed by atoms with Gasteiger partial charge in [0.15, 0.2) is 0 Å². The summed E-state index contributed by atoms with van der Waals surface area (Å²) in [5.41, 5.74) is 1.58. The van der Waals surface area contributed by atoms with Crippen LogP contribution in [0.3, 0.4) is 0 Å². The van der Waals surface area contributed by atoms with E-state index in [-0.39, 0.29) is 24.7 Å². The Balaban J connectivity index is 2.43. The van der Waals surface area contributed by atoms with Crippen LogP contribution in [0.5, 0.6) is 0 Å². The van der Waals surface area contributed by atoms with Crippen LogP contribution >= 0.6 is 11.6 Å². The second kappa shape index (κ2) is 6.56. The molecule has 0 aliphatic rings. The zero-order valence-electron chi connectivity index (χ0n) is 11.8. The van der Waals surface area contributed by atoms with Crippen LogP contribution in [0.25, 0.3) is 0 Å². The van der Waals surface area contributed by atoms with Gasteiger partial charge in [-0.1, -0.05) is 53.6 Å². The topological polar surface area (TPSA) is 40.5 Å². The zero-order chi connectivity index (χ0) is 15.5. The summed E-state index contributed by atoms with van der Waals surface area (Å²) in [6.45, 7) is 1.46. The number of benzene rings is 2. The largest absolute Gasteiger partial charge is 0.395 e. The zero-order valence-corrected chi connectivity index (χ0v) is 12.6. The molecule has 2 aromatic rings. The molecule has 0 heterocycles. The first kappa shape index (κ1) is 16.0. The van der Waals surface area contributed by atoms with E-state index in [0.29, 0.717) is 5.56 Å². The molecule has 0 radical (unpaired) electrons. The molecule has 0 saturated carbocycles. The van der Waals surface area contributed by atoms with Crippen LogP contribution in [0.4, 0.5) is 4.39 Å². The number of hydrogen-bond donors (Lipinski definition) is 2. The summed E-state index contributed by atoms with van der Waals surface area (Å²) in [7, 11) is 0. The number of aliphatic hydroxyl groups is 2. The number of rotatable bonds is 5. The first-order valence-electron chi connectivity index (χ1n) is 6.74. The van der Waals surface area contributed by atoms with Crippen LogP contribution in [-0.2, 0) is 11.8 Å². The van der Waals surface area contributed by atoms with Crippen molar-refractivity contribution in [2.45, 2.75) is 18.8 Å². The molecule has 2 nitrogen and oxygen atoms in total. The molecule has 0 aromatic heterocycles. The van der Waals surface area contributed by atoms with Gasteiger partial charge in [0.2, 0.25) is 0 Å². The molecule has 0 spiro atoms. The summed E-state index contributed by atoms with van der Waals surface area (Å²) in [5, 5.41) is 19.7. The Labute approximate surface area is 128 Å². The fourth-order valence-electron chi connectivity index (χ4n) is 2.40. The molecule has 0 aliphatic carbocycles. The SMILES string of the molecule is Cc1ccc(C(CO)(CO)Cc2cccc(F)c2Cl)cc1. The lowest BCUT2D eigenvalue weighted by molar-refractivity contribution is 0.116. The van der Waals surface area contributed by atoms with E-state index in [2.05, 4.69) is 0 Å². The monoisotopic (exact) mass is 308 g/mol. The molecule has 0 unspecified atom stereocenters. The maximum absolute atomic E-state index is 13.6. The summed E-state index contributed by atoms with van der Waals surface area (Å²) in [4.78, 5) is 0. The van der Waals surface area contributed by atoms with Crippen molar-refractivity contribution in [2.75, 3.05) is 13.2 Å². The third-order valence-corrected chi connectivity index (χ3v) is 4.25. The maximum Gasteiger partial charge on any atom is 0.142 e. The normalized spacial score (nSPS) is 11.7. The highest BCUT2D eigenvalue weighted by molar-refractivity contribution is 6.31. The molecule has 4 heteroatoms. The van der Waals surface area contributed by atoms with E-state index in [1.165, 1.54) is 6.07 Å². The van der Waals surface area contributed by atoms with Crippen molar-refractivity contribution in [2.24, 2.45) is 0 Å². The molecule has 0 fully saturated rings. The molecule has 0 atom stereocenters. The molecular formula is C17H18ClFO2. The Kier molecular flexibility index (Phi) is 4.99. The van der Waals surface area contributed by atoms with Gasteiger partial charge in [-0.05, 0) is 30.5 Å². The Morgan fingerprint density at radius 2 is 1.67 bits per heavy atom. The summed E-state index contributed by atoms with van der Waals surface area (Å²) in [6, 6.07) is 12.2. The standard InChI is InChI=1S/C17H18ClFO2/c1-12-5-7-14(8-6-12)17(10-20,11-21)9-13-3-2-4-15(19)16(13)18/h2-8,20-21H,9-11H2,1H3. The van der Waals surface area contributed by atoms with Crippen molar-refractivity contribution in [3.8, 4) is 0 Å². The minimum absolute atomic E-state index is 0.0379. The third-order valence-electron chi connectivity index (χ3n) is 3.83. The van der Waals surface area contributed by atoms with Crippen molar-refractivity contribution in [1.82, 2.24) is 0 Å². The minimum atomic E-state index is -0.884. The van der Waals surface area contributed by atoms with E-state index >= 15 is 0 Å². The van der Waals surface area contributed by atoms with Crippen LogP contribution in [0.15, 0.2) is 42.5 Å². The van der Waals surface area contributed by atoms with Gasteiger partial charge in [0, 0.05) is 5.41 Å². The lowest BCUT2D eigenvalue weighted by Crippen LogP contribution is -2.37. The van der Waals surface area contributed by atoms with Gasteiger partial charge >= 0.3 is 0 Å². The molecule has 112 valence electrons. The van der Waals surface area contributed by atoms with Crippen molar-refractivity contribution < 1.29 is 14.6 Å².